The Balaban J connectivity index is 1.49. The van der Waals surface area contributed by atoms with Crippen molar-refractivity contribution in [2.75, 3.05) is 31.1 Å². The normalized spacial score (nSPS) is 14.5. The standard InChI is InChI=1S/C17H18N6O3/c24-23(25)17-19-7-10-22(17)12-15-11-16(20-26-15)13-1-3-14(4-2-13)21-8-5-18-6-9-21/h1-4,7,10-11,18H,5-6,8-9,12H2. The van der Waals surface area contributed by atoms with Gasteiger partial charge in [0.15, 0.2) is 5.76 Å². The summed E-state index contributed by atoms with van der Waals surface area (Å²) in [4.78, 5) is 16.5. The zero-order chi connectivity index (χ0) is 17.9. The Bertz CT molecular complexity index is 895. The smallest absolute Gasteiger partial charge is 0.390 e. The fraction of sp³-hybridized carbons (Fsp3) is 0.294. The molecular weight excluding hydrogens is 336 g/mol. The third-order valence-electron chi connectivity index (χ3n) is 4.39. The van der Waals surface area contributed by atoms with Gasteiger partial charge in [-0.05, 0) is 17.1 Å². The molecule has 1 aliphatic heterocycles. The van der Waals surface area contributed by atoms with Crippen molar-refractivity contribution in [1.82, 2.24) is 20.0 Å². The van der Waals surface area contributed by atoms with E-state index in [4.69, 9.17) is 4.52 Å². The van der Waals surface area contributed by atoms with E-state index in [-0.39, 0.29) is 12.5 Å². The minimum absolute atomic E-state index is 0.210. The maximum absolute atomic E-state index is 10.9. The zero-order valence-electron chi connectivity index (χ0n) is 14.0. The molecule has 1 N–H and O–H groups in total. The lowest BCUT2D eigenvalue weighted by atomic mass is 10.1. The van der Waals surface area contributed by atoms with Gasteiger partial charge in [0.25, 0.3) is 0 Å². The van der Waals surface area contributed by atoms with E-state index in [1.54, 1.807) is 12.3 Å². The first-order valence-electron chi connectivity index (χ1n) is 8.38. The molecule has 1 saturated heterocycles. The van der Waals surface area contributed by atoms with Crippen LogP contribution in [-0.4, -0.2) is 45.8 Å². The number of piperazine rings is 1. The Hall–Kier alpha value is -3.20. The van der Waals surface area contributed by atoms with Crippen molar-refractivity contribution in [3.8, 4) is 11.3 Å². The number of nitro groups is 1. The molecular formula is C17H18N6O3. The monoisotopic (exact) mass is 354 g/mol. The quantitative estimate of drug-likeness (QED) is 0.551. The molecule has 9 nitrogen and oxygen atoms in total. The van der Waals surface area contributed by atoms with Gasteiger partial charge in [0.2, 0.25) is 0 Å². The van der Waals surface area contributed by atoms with E-state index in [0.29, 0.717) is 11.5 Å². The van der Waals surface area contributed by atoms with Gasteiger partial charge in [0.05, 0.1) is 0 Å². The van der Waals surface area contributed by atoms with Crippen LogP contribution in [0.25, 0.3) is 11.3 Å². The summed E-state index contributed by atoms with van der Waals surface area (Å²) in [6.45, 7) is 4.19. The molecule has 3 aromatic rings. The van der Waals surface area contributed by atoms with Gasteiger partial charge in [0, 0.05) is 43.5 Å². The third-order valence-corrected chi connectivity index (χ3v) is 4.39. The van der Waals surface area contributed by atoms with Gasteiger partial charge in [-0.25, -0.2) is 4.57 Å². The van der Waals surface area contributed by atoms with E-state index < -0.39 is 4.92 Å². The third kappa shape index (κ3) is 3.29. The van der Waals surface area contributed by atoms with Crippen molar-refractivity contribution in [1.29, 1.82) is 0 Å². The summed E-state index contributed by atoms with van der Waals surface area (Å²) in [5.74, 6) is 0.315. The molecule has 0 unspecified atom stereocenters. The molecule has 0 atom stereocenters. The van der Waals surface area contributed by atoms with Gasteiger partial charge in [-0.15, -0.1) is 0 Å². The summed E-state index contributed by atoms with van der Waals surface area (Å²) in [5.41, 5.74) is 2.83. The number of hydrogen-bond donors (Lipinski definition) is 1. The molecule has 1 aliphatic rings. The summed E-state index contributed by atoms with van der Waals surface area (Å²) < 4.78 is 6.75. The fourth-order valence-corrected chi connectivity index (χ4v) is 3.05. The number of hydrogen-bond acceptors (Lipinski definition) is 7. The van der Waals surface area contributed by atoms with Crippen molar-refractivity contribution in [3.05, 3.63) is 58.6 Å². The Morgan fingerprint density at radius 1 is 1.23 bits per heavy atom. The van der Waals surface area contributed by atoms with Gasteiger partial charge in [-0.3, -0.25) is 0 Å². The van der Waals surface area contributed by atoms with E-state index in [9.17, 15) is 10.1 Å². The number of imidazole rings is 1. The molecule has 3 heterocycles. The van der Waals surface area contributed by atoms with Gasteiger partial charge in [0.1, 0.15) is 24.6 Å². The molecule has 0 radical (unpaired) electrons. The number of benzene rings is 1. The molecule has 0 bridgehead atoms. The highest BCUT2D eigenvalue weighted by Gasteiger charge is 2.17. The first-order valence-corrected chi connectivity index (χ1v) is 8.38. The molecule has 0 aliphatic carbocycles. The van der Waals surface area contributed by atoms with Crippen LogP contribution in [0.3, 0.4) is 0 Å². The summed E-state index contributed by atoms with van der Waals surface area (Å²) in [7, 11) is 0. The molecule has 0 saturated carbocycles. The number of nitrogens with one attached hydrogen (secondary N) is 1. The highest BCUT2D eigenvalue weighted by atomic mass is 16.6. The predicted octanol–water partition coefficient (Wildman–Crippen LogP) is 1.90. The average molecular weight is 354 g/mol. The second-order valence-electron chi connectivity index (χ2n) is 6.07. The molecule has 0 spiro atoms. The summed E-state index contributed by atoms with van der Waals surface area (Å²) in [6.07, 6.45) is 2.94. The Morgan fingerprint density at radius 2 is 2.00 bits per heavy atom. The number of aromatic nitrogens is 3. The van der Waals surface area contributed by atoms with Crippen molar-refractivity contribution >= 4 is 11.6 Å². The largest absolute Gasteiger partial charge is 0.434 e. The van der Waals surface area contributed by atoms with Gasteiger partial charge >= 0.3 is 5.95 Å². The van der Waals surface area contributed by atoms with Gasteiger partial charge in [-0.2, -0.15) is 0 Å². The van der Waals surface area contributed by atoms with Gasteiger partial charge < -0.3 is 24.9 Å². The summed E-state index contributed by atoms with van der Waals surface area (Å²) in [5, 5.41) is 18.4. The lowest BCUT2D eigenvalue weighted by molar-refractivity contribution is -0.396. The highest BCUT2D eigenvalue weighted by molar-refractivity contribution is 5.63. The number of nitrogens with zero attached hydrogens (tertiary/aromatic N) is 5. The van der Waals surface area contributed by atoms with Crippen LogP contribution in [0.15, 0.2) is 47.2 Å². The fourth-order valence-electron chi connectivity index (χ4n) is 3.05. The first-order chi connectivity index (χ1) is 12.7. The zero-order valence-corrected chi connectivity index (χ0v) is 14.0. The van der Waals surface area contributed by atoms with E-state index in [2.05, 4.69) is 32.5 Å². The van der Waals surface area contributed by atoms with Crippen molar-refractivity contribution in [2.45, 2.75) is 6.54 Å². The van der Waals surface area contributed by atoms with Crippen LogP contribution in [0.2, 0.25) is 0 Å². The highest BCUT2D eigenvalue weighted by Crippen LogP contribution is 2.24. The van der Waals surface area contributed by atoms with Crippen molar-refractivity contribution in [3.63, 3.8) is 0 Å². The lowest BCUT2D eigenvalue weighted by Crippen LogP contribution is -2.43. The second kappa shape index (κ2) is 6.96. The molecule has 1 aromatic carbocycles. The average Bonchev–Trinajstić information content (AvgIpc) is 3.33. The van der Waals surface area contributed by atoms with Crippen LogP contribution in [0.5, 0.6) is 0 Å². The minimum atomic E-state index is -0.522. The van der Waals surface area contributed by atoms with E-state index in [1.165, 1.54) is 16.5 Å². The molecule has 0 amide bonds. The Labute approximate surface area is 149 Å². The van der Waals surface area contributed by atoms with E-state index in [1.807, 2.05) is 12.1 Å². The molecule has 1 fully saturated rings. The van der Waals surface area contributed by atoms with Crippen LogP contribution in [-0.2, 0) is 6.54 Å². The maximum atomic E-state index is 10.9. The van der Waals surface area contributed by atoms with Crippen molar-refractivity contribution in [2.24, 2.45) is 0 Å². The molecule has 2 aromatic heterocycles. The molecule has 134 valence electrons. The van der Waals surface area contributed by atoms with Crippen LogP contribution >= 0.6 is 0 Å². The van der Waals surface area contributed by atoms with E-state index >= 15 is 0 Å². The van der Waals surface area contributed by atoms with Crippen LogP contribution < -0.4 is 10.2 Å². The van der Waals surface area contributed by atoms with Crippen LogP contribution in [0, 0.1) is 10.1 Å². The van der Waals surface area contributed by atoms with Crippen LogP contribution in [0.4, 0.5) is 11.6 Å². The van der Waals surface area contributed by atoms with Crippen molar-refractivity contribution < 1.29 is 9.45 Å². The summed E-state index contributed by atoms with van der Waals surface area (Å²) in [6, 6.07) is 9.98. The lowest BCUT2D eigenvalue weighted by Gasteiger charge is -2.29. The Kier molecular flexibility index (Phi) is 4.36. The summed E-state index contributed by atoms with van der Waals surface area (Å²) >= 11 is 0. The maximum Gasteiger partial charge on any atom is 0.434 e. The molecule has 26 heavy (non-hydrogen) atoms. The van der Waals surface area contributed by atoms with Crippen LogP contribution in [0.1, 0.15) is 5.76 Å². The SMILES string of the molecule is O=[N+]([O-])c1nccn1Cc1cc(-c2ccc(N3CCNCC3)cc2)no1. The first kappa shape index (κ1) is 16.3. The Morgan fingerprint density at radius 3 is 2.73 bits per heavy atom. The van der Waals surface area contributed by atoms with Gasteiger partial charge in [-0.1, -0.05) is 22.3 Å². The number of anilines is 1. The predicted molar refractivity (Wildman–Crippen MR) is 95.0 cm³/mol. The second-order valence-corrected chi connectivity index (χ2v) is 6.07. The minimum Gasteiger partial charge on any atom is -0.390 e. The topological polar surface area (TPSA) is 102 Å². The van der Waals surface area contributed by atoms with E-state index in [0.717, 1.165) is 31.7 Å². The molecule has 9 heteroatoms. The number of rotatable bonds is 5. The molecule has 4 rings (SSSR count).